The number of rotatable bonds is 7. The second kappa shape index (κ2) is 10.8. The van der Waals surface area contributed by atoms with Gasteiger partial charge in [-0.3, -0.25) is 9.78 Å². The number of likely N-dealkylation sites (tertiary alicyclic amines) is 1. The maximum Gasteiger partial charge on any atom is 0.244 e. The van der Waals surface area contributed by atoms with E-state index in [0.717, 1.165) is 41.6 Å². The topological polar surface area (TPSA) is 80.5 Å². The average Bonchev–Trinajstić information content (AvgIpc) is 2.82. The average molecular weight is 505 g/mol. The number of nitrogens with two attached hydrogens (primary N) is 1. The van der Waals surface area contributed by atoms with E-state index < -0.39 is 6.04 Å². The van der Waals surface area contributed by atoms with Crippen molar-refractivity contribution in [3.63, 3.8) is 0 Å². The highest BCUT2D eigenvalue weighted by Gasteiger charge is 2.28. The molecule has 1 atom stereocenters. The van der Waals surface area contributed by atoms with E-state index in [1.807, 2.05) is 29.2 Å². The van der Waals surface area contributed by atoms with Crippen LogP contribution >= 0.6 is 35.1 Å². The fourth-order valence-electron chi connectivity index (χ4n) is 3.76. The van der Waals surface area contributed by atoms with Crippen LogP contribution in [0.4, 0.5) is 5.69 Å². The first kappa shape index (κ1) is 24.0. The minimum atomic E-state index is -0.560. The van der Waals surface area contributed by atoms with E-state index in [2.05, 4.69) is 16.6 Å². The summed E-state index contributed by atoms with van der Waals surface area (Å²) in [6, 6.07) is 10.6. The lowest BCUT2D eigenvalue weighted by atomic mass is 9.99. The first-order valence-corrected chi connectivity index (χ1v) is 12.4. The number of nitrogens with one attached hydrogen (secondary N) is 1. The number of fused-ring (bicyclic) bond motifs is 1. The molecule has 1 amide bonds. The molecule has 174 valence electrons. The Morgan fingerprint density at radius 3 is 2.73 bits per heavy atom. The van der Waals surface area contributed by atoms with Crippen LogP contribution in [0.1, 0.15) is 19.8 Å². The molecule has 1 aromatic heterocycles. The molecule has 2 heterocycles. The van der Waals surface area contributed by atoms with Crippen LogP contribution in [-0.2, 0) is 4.79 Å². The smallest absolute Gasteiger partial charge is 0.244 e. The molecule has 0 radical (unpaired) electrons. The minimum absolute atomic E-state index is 0.0175. The summed E-state index contributed by atoms with van der Waals surface area (Å²) in [5, 5.41) is 2.69. The molecule has 6 nitrogen and oxygen atoms in total. The molecule has 2 aromatic carbocycles. The molecule has 0 spiro atoms. The number of carbonyl (C=O) groups is 1. The summed E-state index contributed by atoms with van der Waals surface area (Å²) in [5.41, 5.74) is 6.18. The zero-order chi connectivity index (χ0) is 23.4. The lowest BCUT2D eigenvalue weighted by molar-refractivity contribution is -0.134. The Labute approximate surface area is 207 Å². The number of hydrogen-bond acceptors (Lipinski definition) is 6. The molecule has 1 saturated heterocycles. The van der Waals surface area contributed by atoms with Crippen molar-refractivity contribution in [3.8, 4) is 5.75 Å². The summed E-state index contributed by atoms with van der Waals surface area (Å²) in [5.74, 6) is 1.36. The van der Waals surface area contributed by atoms with E-state index in [9.17, 15) is 4.79 Å². The number of ether oxygens (including phenoxy) is 1. The molecule has 3 N–H and O–H groups in total. The number of nitrogens with zero attached hydrogens (tertiary/aromatic N) is 2. The number of hydrogen-bond donors (Lipinski definition) is 2. The number of carbonyl (C=O) groups excluding carboxylic acids is 1. The van der Waals surface area contributed by atoms with Gasteiger partial charge in [-0.1, -0.05) is 42.3 Å². The summed E-state index contributed by atoms with van der Waals surface area (Å²) in [6.07, 6.45) is 5.54. The number of piperidine rings is 1. The number of aromatic nitrogens is 1. The molecule has 33 heavy (non-hydrogen) atoms. The Morgan fingerprint density at radius 2 is 2.00 bits per heavy atom. The molecule has 1 unspecified atom stereocenters. The zero-order valence-electron chi connectivity index (χ0n) is 18.3. The van der Waals surface area contributed by atoms with E-state index in [1.54, 1.807) is 24.5 Å². The molecule has 4 rings (SSSR count). The van der Waals surface area contributed by atoms with Crippen LogP contribution in [0.2, 0.25) is 10.0 Å². The normalized spacial score (nSPS) is 15.5. The fourth-order valence-corrected chi connectivity index (χ4v) is 5.17. The molecule has 3 aromatic rings. The van der Waals surface area contributed by atoms with Gasteiger partial charge in [0.15, 0.2) is 0 Å². The highest BCUT2D eigenvalue weighted by atomic mass is 35.5. The van der Waals surface area contributed by atoms with Crippen molar-refractivity contribution >= 4 is 57.5 Å². The van der Waals surface area contributed by atoms with Gasteiger partial charge in [-0.15, -0.1) is 0 Å². The van der Waals surface area contributed by atoms with E-state index in [1.165, 1.54) is 11.9 Å². The van der Waals surface area contributed by atoms with Crippen LogP contribution in [0.25, 0.3) is 10.8 Å². The van der Waals surface area contributed by atoms with Crippen LogP contribution < -0.4 is 15.2 Å². The van der Waals surface area contributed by atoms with Gasteiger partial charge in [0, 0.05) is 41.2 Å². The number of nitrogen functional groups attached to an aromatic ring is 1. The number of benzene rings is 2. The van der Waals surface area contributed by atoms with Gasteiger partial charge >= 0.3 is 0 Å². The monoisotopic (exact) mass is 504 g/mol. The van der Waals surface area contributed by atoms with E-state index in [0.29, 0.717) is 27.4 Å². The van der Waals surface area contributed by atoms with Crippen LogP contribution in [-0.4, -0.2) is 41.5 Å². The van der Waals surface area contributed by atoms with Gasteiger partial charge in [-0.05, 0) is 55.0 Å². The van der Waals surface area contributed by atoms with Gasteiger partial charge in [0.2, 0.25) is 5.91 Å². The predicted octanol–water partition coefficient (Wildman–Crippen LogP) is 5.43. The third-order valence-electron chi connectivity index (χ3n) is 5.81. The van der Waals surface area contributed by atoms with Gasteiger partial charge < -0.3 is 15.4 Å². The quantitative estimate of drug-likeness (QED) is 0.330. The first-order chi connectivity index (χ1) is 15.9. The molecule has 9 heteroatoms. The van der Waals surface area contributed by atoms with Gasteiger partial charge in [-0.25, -0.2) is 4.72 Å². The van der Waals surface area contributed by atoms with E-state index in [-0.39, 0.29) is 12.5 Å². The number of amides is 1. The zero-order valence-corrected chi connectivity index (χ0v) is 20.6. The van der Waals surface area contributed by atoms with Gasteiger partial charge in [-0.2, -0.15) is 0 Å². The van der Waals surface area contributed by atoms with Crippen molar-refractivity contribution in [1.29, 1.82) is 0 Å². The molecule has 0 aliphatic carbocycles. The SMILES string of the molecule is CC1CCN(C(=O)C(COc2cccc3cnccc23)NSc2cc(Cl)c(N)c(Cl)c2)CC1. The van der Waals surface area contributed by atoms with Crippen molar-refractivity contribution in [1.82, 2.24) is 14.6 Å². The van der Waals surface area contributed by atoms with Gasteiger partial charge in [0.25, 0.3) is 0 Å². The van der Waals surface area contributed by atoms with Gasteiger partial charge in [0.1, 0.15) is 18.4 Å². The first-order valence-electron chi connectivity index (χ1n) is 10.8. The minimum Gasteiger partial charge on any atom is -0.491 e. The van der Waals surface area contributed by atoms with Crippen molar-refractivity contribution in [2.24, 2.45) is 5.92 Å². The number of pyridine rings is 1. The van der Waals surface area contributed by atoms with Crippen molar-refractivity contribution in [2.45, 2.75) is 30.7 Å². The Balaban J connectivity index is 1.51. The molecule has 1 aliphatic heterocycles. The third-order valence-corrected chi connectivity index (χ3v) is 7.31. The predicted molar refractivity (Wildman–Crippen MR) is 136 cm³/mol. The fraction of sp³-hybridized carbons (Fsp3) is 0.333. The van der Waals surface area contributed by atoms with Crippen molar-refractivity contribution in [2.75, 3.05) is 25.4 Å². The van der Waals surface area contributed by atoms with Crippen LogP contribution in [0.3, 0.4) is 0 Å². The van der Waals surface area contributed by atoms with Crippen LogP contribution in [0, 0.1) is 5.92 Å². The Hall–Kier alpha value is -2.19. The summed E-state index contributed by atoms with van der Waals surface area (Å²) in [4.78, 5) is 20.2. The second-order valence-corrected chi connectivity index (χ2v) is 9.97. The lowest BCUT2D eigenvalue weighted by Gasteiger charge is -2.33. The molecule has 1 aliphatic rings. The Morgan fingerprint density at radius 1 is 1.27 bits per heavy atom. The van der Waals surface area contributed by atoms with E-state index in [4.69, 9.17) is 33.7 Å². The lowest BCUT2D eigenvalue weighted by Crippen LogP contribution is -2.49. The maximum atomic E-state index is 13.4. The Bertz CT molecular complexity index is 1110. The van der Waals surface area contributed by atoms with E-state index >= 15 is 0 Å². The standard InChI is InChI=1S/C24H26Cl2N4O2S/c1-15-6-9-30(10-7-15)24(31)21(29-33-17-11-19(25)23(27)20(26)12-17)14-32-22-4-2-3-16-13-28-8-5-18(16)22/h2-5,8,11-13,15,21,29H,6-7,9-10,14,27H2,1H3. The van der Waals surface area contributed by atoms with Crippen molar-refractivity contribution in [3.05, 3.63) is 58.8 Å². The molecule has 0 saturated carbocycles. The molecule has 1 fully saturated rings. The summed E-state index contributed by atoms with van der Waals surface area (Å²) in [7, 11) is 0. The number of anilines is 1. The van der Waals surface area contributed by atoms with Crippen LogP contribution in [0.15, 0.2) is 53.7 Å². The van der Waals surface area contributed by atoms with Crippen LogP contribution in [0.5, 0.6) is 5.75 Å². The highest BCUT2D eigenvalue weighted by Crippen LogP contribution is 2.32. The Kier molecular flexibility index (Phi) is 7.86. The maximum absolute atomic E-state index is 13.4. The van der Waals surface area contributed by atoms with Crippen molar-refractivity contribution < 1.29 is 9.53 Å². The summed E-state index contributed by atoms with van der Waals surface area (Å²) in [6.45, 7) is 3.90. The largest absolute Gasteiger partial charge is 0.491 e. The summed E-state index contributed by atoms with van der Waals surface area (Å²) >= 11 is 13.6. The summed E-state index contributed by atoms with van der Waals surface area (Å²) < 4.78 is 9.41. The second-order valence-electron chi connectivity index (χ2n) is 8.24. The third kappa shape index (κ3) is 5.84. The highest BCUT2D eigenvalue weighted by molar-refractivity contribution is 7.97. The molecular weight excluding hydrogens is 479 g/mol. The molecular formula is C24H26Cl2N4O2S. The van der Waals surface area contributed by atoms with Gasteiger partial charge in [0.05, 0.1) is 15.7 Å². The number of halogens is 2. The molecule has 0 bridgehead atoms.